The molecule has 0 bridgehead atoms. The van der Waals surface area contributed by atoms with Gasteiger partial charge in [0.2, 0.25) is 0 Å². The quantitative estimate of drug-likeness (QED) is 0.767. The van der Waals surface area contributed by atoms with Gasteiger partial charge in [-0.25, -0.2) is 9.59 Å². The van der Waals surface area contributed by atoms with E-state index in [0.29, 0.717) is 17.6 Å². The molecule has 2 aromatic heterocycles. The SMILES string of the molecule is Cc1cnccc1Cn1c(=O)[nH]c2cc(C(=O)O)ccc21. The highest BCUT2D eigenvalue weighted by atomic mass is 16.4. The van der Waals surface area contributed by atoms with E-state index >= 15 is 0 Å². The number of nitrogens with zero attached hydrogens (tertiary/aromatic N) is 2. The van der Waals surface area contributed by atoms with Gasteiger partial charge in [-0.3, -0.25) is 9.55 Å². The number of carboxylic acids is 1. The van der Waals surface area contributed by atoms with Crippen LogP contribution in [0.3, 0.4) is 0 Å². The molecule has 1 aromatic carbocycles. The number of carboxylic acid groups (broad SMARTS) is 1. The van der Waals surface area contributed by atoms with Crippen LogP contribution in [0.25, 0.3) is 11.0 Å². The van der Waals surface area contributed by atoms with Crippen LogP contribution in [0.15, 0.2) is 41.5 Å². The molecule has 0 unspecified atom stereocenters. The fourth-order valence-electron chi connectivity index (χ4n) is 2.30. The molecule has 0 radical (unpaired) electrons. The van der Waals surface area contributed by atoms with E-state index in [0.717, 1.165) is 11.1 Å². The Balaban J connectivity index is 2.11. The zero-order chi connectivity index (χ0) is 15.0. The van der Waals surface area contributed by atoms with Gasteiger partial charge < -0.3 is 10.1 Å². The van der Waals surface area contributed by atoms with Crippen molar-refractivity contribution in [1.82, 2.24) is 14.5 Å². The maximum absolute atomic E-state index is 12.1. The Morgan fingerprint density at radius 3 is 2.90 bits per heavy atom. The minimum atomic E-state index is -1.02. The number of rotatable bonds is 3. The molecule has 0 saturated carbocycles. The largest absolute Gasteiger partial charge is 0.478 e. The molecule has 21 heavy (non-hydrogen) atoms. The van der Waals surface area contributed by atoms with E-state index in [1.54, 1.807) is 23.0 Å². The van der Waals surface area contributed by atoms with Crippen LogP contribution >= 0.6 is 0 Å². The van der Waals surface area contributed by atoms with Crippen LogP contribution < -0.4 is 5.69 Å². The van der Waals surface area contributed by atoms with Gasteiger partial charge in [0.1, 0.15) is 0 Å². The lowest BCUT2D eigenvalue weighted by Crippen LogP contribution is -2.17. The van der Waals surface area contributed by atoms with Crippen molar-refractivity contribution in [2.75, 3.05) is 0 Å². The first-order chi connectivity index (χ1) is 10.1. The number of H-pyrrole nitrogens is 1. The van der Waals surface area contributed by atoms with Gasteiger partial charge in [-0.1, -0.05) is 0 Å². The van der Waals surface area contributed by atoms with Gasteiger partial charge in [-0.05, 0) is 42.3 Å². The standard InChI is InChI=1S/C15H13N3O3/c1-9-7-16-5-4-11(9)8-18-13-3-2-10(14(19)20)6-12(13)17-15(18)21/h2-7H,8H2,1H3,(H,17,21)(H,19,20). The summed E-state index contributed by atoms with van der Waals surface area (Å²) in [6.45, 7) is 2.35. The third-order valence-corrected chi connectivity index (χ3v) is 3.49. The maximum Gasteiger partial charge on any atom is 0.335 e. The molecule has 0 aliphatic rings. The lowest BCUT2D eigenvalue weighted by atomic mass is 10.1. The van der Waals surface area contributed by atoms with Crippen LogP contribution in [0.5, 0.6) is 0 Å². The zero-order valence-corrected chi connectivity index (χ0v) is 11.3. The van der Waals surface area contributed by atoms with Gasteiger partial charge in [0.15, 0.2) is 0 Å². The topological polar surface area (TPSA) is 88.0 Å². The third kappa shape index (κ3) is 2.31. The van der Waals surface area contributed by atoms with Gasteiger partial charge in [-0.2, -0.15) is 0 Å². The van der Waals surface area contributed by atoms with Crippen molar-refractivity contribution in [3.05, 3.63) is 63.8 Å². The molecule has 2 heterocycles. The molecule has 3 aromatic rings. The normalized spacial score (nSPS) is 10.9. The highest BCUT2D eigenvalue weighted by Gasteiger charge is 2.11. The van der Waals surface area contributed by atoms with E-state index in [9.17, 15) is 9.59 Å². The summed E-state index contributed by atoms with van der Waals surface area (Å²) in [5.74, 6) is -1.02. The molecule has 106 valence electrons. The number of aryl methyl sites for hydroxylation is 1. The second-order valence-electron chi connectivity index (χ2n) is 4.86. The Labute approximate surface area is 119 Å². The highest BCUT2D eigenvalue weighted by molar-refractivity contribution is 5.92. The minimum Gasteiger partial charge on any atom is -0.478 e. The summed E-state index contributed by atoms with van der Waals surface area (Å²) in [5, 5.41) is 8.99. The Morgan fingerprint density at radius 1 is 1.38 bits per heavy atom. The van der Waals surface area contributed by atoms with Crippen molar-refractivity contribution in [1.29, 1.82) is 0 Å². The van der Waals surface area contributed by atoms with Crippen LogP contribution in [0.4, 0.5) is 0 Å². The Hall–Kier alpha value is -2.89. The molecule has 0 aliphatic heterocycles. The number of aromatic carboxylic acids is 1. The molecule has 6 heteroatoms. The second-order valence-corrected chi connectivity index (χ2v) is 4.86. The summed E-state index contributed by atoms with van der Waals surface area (Å²) >= 11 is 0. The Morgan fingerprint density at radius 2 is 2.19 bits per heavy atom. The van der Waals surface area contributed by atoms with Crippen LogP contribution in [-0.2, 0) is 6.54 Å². The van der Waals surface area contributed by atoms with Crippen LogP contribution in [0.2, 0.25) is 0 Å². The number of nitrogens with one attached hydrogen (secondary N) is 1. The van der Waals surface area contributed by atoms with E-state index in [2.05, 4.69) is 9.97 Å². The number of fused-ring (bicyclic) bond motifs is 1. The maximum atomic E-state index is 12.1. The lowest BCUT2D eigenvalue weighted by molar-refractivity contribution is 0.0697. The van der Waals surface area contributed by atoms with Crippen molar-refractivity contribution >= 4 is 17.0 Å². The van der Waals surface area contributed by atoms with Gasteiger partial charge in [0, 0.05) is 12.4 Å². The molecule has 3 rings (SSSR count). The molecular weight excluding hydrogens is 270 g/mol. The van der Waals surface area contributed by atoms with E-state index in [4.69, 9.17) is 5.11 Å². The van der Waals surface area contributed by atoms with Crippen LogP contribution in [0, 0.1) is 6.92 Å². The number of hydrogen-bond acceptors (Lipinski definition) is 3. The number of aromatic amines is 1. The van der Waals surface area contributed by atoms with Crippen LogP contribution in [0.1, 0.15) is 21.5 Å². The fourth-order valence-corrected chi connectivity index (χ4v) is 2.30. The number of aromatic nitrogens is 3. The monoisotopic (exact) mass is 283 g/mol. The Bertz CT molecular complexity index is 893. The lowest BCUT2D eigenvalue weighted by Gasteiger charge is -2.06. The van der Waals surface area contributed by atoms with E-state index in [1.807, 2.05) is 13.0 Å². The average Bonchev–Trinajstić information content (AvgIpc) is 2.76. The smallest absolute Gasteiger partial charge is 0.335 e. The van der Waals surface area contributed by atoms with Crippen molar-refractivity contribution < 1.29 is 9.90 Å². The summed E-state index contributed by atoms with van der Waals surface area (Å²) in [4.78, 5) is 29.8. The first-order valence-corrected chi connectivity index (χ1v) is 6.41. The molecule has 2 N–H and O–H groups in total. The molecular formula is C15H13N3O3. The number of hydrogen-bond donors (Lipinski definition) is 2. The van der Waals surface area contributed by atoms with Gasteiger partial charge >= 0.3 is 11.7 Å². The average molecular weight is 283 g/mol. The summed E-state index contributed by atoms with van der Waals surface area (Å²) < 4.78 is 1.59. The van der Waals surface area contributed by atoms with Gasteiger partial charge in [-0.15, -0.1) is 0 Å². The van der Waals surface area contributed by atoms with Gasteiger partial charge in [0.05, 0.1) is 23.1 Å². The summed E-state index contributed by atoms with van der Waals surface area (Å²) in [5.41, 5.74) is 3.09. The van der Waals surface area contributed by atoms with E-state index in [-0.39, 0.29) is 11.3 Å². The van der Waals surface area contributed by atoms with Crippen molar-refractivity contribution in [2.45, 2.75) is 13.5 Å². The number of pyridine rings is 1. The number of benzene rings is 1. The summed E-state index contributed by atoms with van der Waals surface area (Å²) in [7, 11) is 0. The first-order valence-electron chi connectivity index (χ1n) is 6.41. The number of imidazole rings is 1. The number of carbonyl (C=O) groups is 1. The van der Waals surface area contributed by atoms with Crippen molar-refractivity contribution in [3.63, 3.8) is 0 Å². The second kappa shape index (κ2) is 4.90. The van der Waals surface area contributed by atoms with Crippen molar-refractivity contribution in [3.8, 4) is 0 Å². The van der Waals surface area contributed by atoms with Crippen LogP contribution in [-0.4, -0.2) is 25.6 Å². The Kier molecular flexibility index (Phi) is 3.06. The molecule has 0 spiro atoms. The fraction of sp³-hybridized carbons (Fsp3) is 0.133. The summed E-state index contributed by atoms with van der Waals surface area (Å²) in [6.07, 6.45) is 3.43. The predicted octanol–water partition coefficient (Wildman–Crippen LogP) is 1.78. The van der Waals surface area contributed by atoms with E-state index < -0.39 is 5.97 Å². The molecule has 0 fully saturated rings. The molecule has 6 nitrogen and oxygen atoms in total. The molecule has 0 aliphatic carbocycles. The summed E-state index contributed by atoms with van der Waals surface area (Å²) in [6, 6.07) is 6.47. The van der Waals surface area contributed by atoms with E-state index in [1.165, 1.54) is 12.1 Å². The molecule has 0 saturated heterocycles. The molecule has 0 amide bonds. The van der Waals surface area contributed by atoms with Crippen molar-refractivity contribution in [2.24, 2.45) is 0 Å². The molecule has 0 atom stereocenters. The third-order valence-electron chi connectivity index (χ3n) is 3.49. The highest BCUT2D eigenvalue weighted by Crippen LogP contribution is 2.15. The predicted molar refractivity (Wildman–Crippen MR) is 77.6 cm³/mol. The zero-order valence-electron chi connectivity index (χ0n) is 11.3. The minimum absolute atomic E-state index is 0.149. The van der Waals surface area contributed by atoms with Gasteiger partial charge in [0.25, 0.3) is 0 Å². The first kappa shape index (κ1) is 13.1.